The van der Waals surface area contributed by atoms with Crippen molar-refractivity contribution in [1.29, 1.82) is 0 Å². The van der Waals surface area contributed by atoms with Crippen LogP contribution < -0.4 is 10.9 Å². The maximum atomic E-state index is 14.0. The van der Waals surface area contributed by atoms with Gasteiger partial charge < -0.3 is 15.0 Å². The van der Waals surface area contributed by atoms with Gasteiger partial charge in [0.25, 0.3) is 5.56 Å². The van der Waals surface area contributed by atoms with Gasteiger partial charge in [-0.3, -0.25) is 4.79 Å². The van der Waals surface area contributed by atoms with Crippen molar-refractivity contribution in [3.63, 3.8) is 0 Å². The molecule has 0 saturated carbocycles. The SMILES string of the molecule is COC(=O)C1=C(C)Nc2nc(SCc3ccccc3F)[nH]c(=O)c2C1c1cccc(C)c1. The highest BCUT2D eigenvalue weighted by molar-refractivity contribution is 7.98. The molecule has 0 bridgehead atoms. The number of aromatic amines is 1. The second kappa shape index (κ2) is 9.00. The molecule has 0 spiro atoms. The smallest absolute Gasteiger partial charge is 0.336 e. The van der Waals surface area contributed by atoms with Crippen molar-refractivity contribution in [2.24, 2.45) is 0 Å². The molecule has 1 atom stereocenters. The number of allylic oxidation sites excluding steroid dienone is 1. The number of ether oxygens (including phenoxy) is 1. The highest BCUT2D eigenvalue weighted by Crippen LogP contribution is 2.40. The summed E-state index contributed by atoms with van der Waals surface area (Å²) in [5, 5.41) is 3.45. The molecule has 1 aromatic heterocycles. The van der Waals surface area contributed by atoms with Crippen LogP contribution in [0.15, 0.2) is 69.8 Å². The Hall–Kier alpha value is -3.39. The number of nitrogens with one attached hydrogen (secondary N) is 2. The van der Waals surface area contributed by atoms with E-state index in [0.717, 1.165) is 11.1 Å². The maximum absolute atomic E-state index is 14.0. The number of anilines is 1. The van der Waals surface area contributed by atoms with Gasteiger partial charge in [-0.1, -0.05) is 59.8 Å². The highest BCUT2D eigenvalue weighted by Gasteiger charge is 2.36. The van der Waals surface area contributed by atoms with Gasteiger partial charge in [-0.2, -0.15) is 0 Å². The highest BCUT2D eigenvalue weighted by atomic mass is 32.2. The fraction of sp³-hybridized carbons (Fsp3) is 0.208. The van der Waals surface area contributed by atoms with E-state index in [-0.39, 0.29) is 11.4 Å². The lowest BCUT2D eigenvalue weighted by atomic mass is 9.82. The quantitative estimate of drug-likeness (QED) is 0.337. The first kappa shape index (κ1) is 21.8. The van der Waals surface area contributed by atoms with E-state index >= 15 is 0 Å². The average molecular weight is 452 g/mol. The molecule has 0 radical (unpaired) electrons. The van der Waals surface area contributed by atoms with Gasteiger partial charge in [0.05, 0.1) is 24.2 Å². The summed E-state index contributed by atoms with van der Waals surface area (Å²) in [5.74, 6) is -0.747. The van der Waals surface area contributed by atoms with Crippen LogP contribution in [0, 0.1) is 12.7 Å². The van der Waals surface area contributed by atoms with E-state index in [1.54, 1.807) is 25.1 Å². The van der Waals surface area contributed by atoms with Crippen LogP contribution in [0.4, 0.5) is 10.2 Å². The number of methoxy groups -OCH3 is 1. The van der Waals surface area contributed by atoms with E-state index in [0.29, 0.717) is 39.1 Å². The molecule has 0 fully saturated rings. The largest absolute Gasteiger partial charge is 0.466 e. The minimum Gasteiger partial charge on any atom is -0.466 e. The Morgan fingerprint density at radius 1 is 1.19 bits per heavy atom. The number of hydrogen-bond acceptors (Lipinski definition) is 6. The number of aryl methyl sites for hydroxylation is 1. The Morgan fingerprint density at radius 3 is 2.69 bits per heavy atom. The Kier molecular flexibility index (Phi) is 6.14. The fourth-order valence-electron chi connectivity index (χ4n) is 3.82. The third-order valence-corrected chi connectivity index (χ3v) is 6.25. The lowest BCUT2D eigenvalue weighted by Crippen LogP contribution is -2.31. The molecule has 0 aliphatic carbocycles. The van der Waals surface area contributed by atoms with Gasteiger partial charge in [0, 0.05) is 11.4 Å². The third-order valence-electron chi connectivity index (χ3n) is 5.32. The topological polar surface area (TPSA) is 84.1 Å². The Balaban J connectivity index is 1.77. The van der Waals surface area contributed by atoms with Crippen LogP contribution in [0.2, 0.25) is 0 Å². The molecule has 2 aromatic carbocycles. The number of fused-ring (bicyclic) bond motifs is 1. The number of hydrogen-bond donors (Lipinski definition) is 2. The molecular formula is C24H22FN3O3S. The second-order valence-electron chi connectivity index (χ2n) is 7.52. The fourth-order valence-corrected chi connectivity index (χ4v) is 4.67. The van der Waals surface area contributed by atoms with Crippen LogP contribution in [0.3, 0.4) is 0 Å². The Labute approximate surface area is 188 Å². The number of esters is 1. The Morgan fingerprint density at radius 2 is 1.97 bits per heavy atom. The van der Waals surface area contributed by atoms with Gasteiger partial charge in [-0.05, 0) is 31.0 Å². The first-order valence-corrected chi connectivity index (χ1v) is 11.0. The summed E-state index contributed by atoms with van der Waals surface area (Å²) in [6.45, 7) is 3.71. The number of H-pyrrole nitrogens is 1. The van der Waals surface area contributed by atoms with E-state index in [9.17, 15) is 14.0 Å². The van der Waals surface area contributed by atoms with Crippen molar-refractivity contribution in [2.45, 2.75) is 30.7 Å². The molecule has 164 valence electrons. The number of rotatable bonds is 5. The van der Waals surface area contributed by atoms with Gasteiger partial charge in [-0.25, -0.2) is 14.2 Å². The minimum absolute atomic E-state index is 0.306. The average Bonchev–Trinajstić information content (AvgIpc) is 2.77. The van der Waals surface area contributed by atoms with Crippen LogP contribution >= 0.6 is 11.8 Å². The molecule has 2 N–H and O–H groups in total. The summed E-state index contributed by atoms with van der Waals surface area (Å²) in [6, 6.07) is 14.1. The molecule has 1 aliphatic heterocycles. The van der Waals surface area contributed by atoms with Crippen LogP contribution in [0.5, 0.6) is 0 Å². The van der Waals surface area contributed by atoms with E-state index in [1.165, 1.54) is 24.9 Å². The number of aromatic nitrogens is 2. The molecule has 2 heterocycles. The van der Waals surface area contributed by atoms with E-state index in [1.807, 2.05) is 31.2 Å². The Bertz CT molecular complexity index is 1290. The summed E-state index contributed by atoms with van der Waals surface area (Å²) in [5.41, 5.74) is 3.24. The normalized spacial score (nSPS) is 15.2. The molecule has 1 unspecified atom stereocenters. The van der Waals surface area contributed by atoms with Gasteiger partial charge >= 0.3 is 5.97 Å². The van der Waals surface area contributed by atoms with Crippen LogP contribution in [0.25, 0.3) is 0 Å². The predicted molar refractivity (Wildman–Crippen MR) is 122 cm³/mol. The lowest BCUT2D eigenvalue weighted by Gasteiger charge is -2.28. The molecular weight excluding hydrogens is 429 g/mol. The molecule has 6 nitrogen and oxygen atoms in total. The summed E-state index contributed by atoms with van der Waals surface area (Å²) in [6.07, 6.45) is 0. The number of carbonyl (C=O) groups is 1. The van der Waals surface area contributed by atoms with Gasteiger partial charge in [-0.15, -0.1) is 0 Å². The van der Waals surface area contributed by atoms with Crippen LogP contribution in [-0.2, 0) is 15.3 Å². The van der Waals surface area contributed by atoms with Crippen LogP contribution in [-0.4, -0.2) is 23.0 Å². The molecule has 0 saturated heterocycles. The molecule has 0 amide bonds. The zero-order valence-electron chi connectivity index (χ0n) is 17.9. The van der Waals surface area contributed by atoms with Crippen molar-refractivity contribution in [2.75, 3.05) is 12.4 Å². The first-order valence-electron chi connectivity index (χ1n) is 10.0. The number of thioether (sulfide) groups is 1. The second-order valence-corrected chi connectivity index (χ2v) is 8.48. The summed E-state index contributed by atoms with van der Waals surface area (Å²) >= 11 is 1.23. The predicted octanol–water partition coefficient (Wildman–Crippen LogP) is 4.51. The zero-order valence-corrected chi connectivity index (χ0v) is 18.7. The summed E-state index contributed by atoms with van der Waals surface area (Å²) < 4.78 is 19.0. The van der Waals surface area contributed by atoms with Gasteiger partial charge in [0.15, 0.2) is 5.16 Å². The maximum Gasteiger partial charge on any atom is 0.336 e. The minimum atomic E-state index is -0.625. The van der Waals surface area contributed by atoms with Crippen molar-refractivity contribution in [3.8, 4) is 0 Å². The zero-order chi connectivity index (χ0) is 22.8. The molecule has 3 aromatic rings. The van der Waals surface area contributed by atoms with Crippen molar-refractivity contribution in [1.82, 2.24) is 9.97 Å². The first-order chi connectivity index (χ1) is 15.4. The molecule has 8 heteroatoms. The number of carbonyl (C=O) groups excluding carboxylic acids is 1. The summed E-state index contributed by atoms with van der Waals surface area (Å²) in [4.78, 5) is 33.2. The number of nitrogens with zero attached hydrogens (tertiary/aromatic N) is 1. The lowest BCUT2D eigenvalue weighted by molar-refractivity contribution is -0.136. The monoisotopic (exact) mass is 451 g/mol. The van der Waals surface area contributed by atoms with Crippen molar-refractivity contribution < 1.29 is 13.9 Å². The standard InChI is InChI=1S/C24H22FN3O3S/c1-13-7-6-9-15(11-13)19-18(23(30)31-3)14(2)26-21-20(19)22(29)28-24(27-21)32-12-16-8-4-5-10-17(16)25/h4-11,19H,12H2,1-3H3,(H2,26,27,28,29). The molecule has 1 aliphatic rings. The van der Waals surface area contributed by atoms with E-state index < -0.39 is 11.9 Å². The van der Waals surface area contributed by atoms with Crippen molar-refractivity contribution >= 4 is 23.5 Å². The van der Waals surface area contributed by atoms with Crippen molar-refractivity contribution in [3.05, 3.63) is 98.2 Å². The van der Waals surface area contributed by atoms with E-state index in [2.05, 4.69) is 15.3 Å². The molecule has 32 heavy (non-hydrogen) atoms. The van der Waals surface area contributed by atoms with Gasteiger partial charge in [0.1, 0.15) is 11.6 Å². The van der Waals surface area contributed by atoms with Crippen LogP contribution in [0.1, 0.15) is 35.1 Å². The van der Waals surface area contributed by atoms with E-state index in [4.69, 9.17) is 4.74 Å². The number of benzene rings is 2. The molecule has 4 rings (SSSR count). The van der Waals surface area contributed by atoms with Gasteiger partial charge in [0.2, 0.25) is 0 Å². The summed E-state index contributed by atoms with van der Waals surface area (Å²) in [7, 11) is 1.32. The number of halogens is 1. The third kappa shape index (κ3) is 4.18.